The minimum Gasteiger partial charge on any atom is -0.339 e. The van der Waals surface area contributed by atoms with E-state index in [0.717, 1.165) is 36.3 Å². The Morgan fingerprint density at radius 3 is 2.57 bits per heavy atom. The average molecular weight is 330 g/mol. The molecule has 0 aliphatic carbocycles. The zero-order valence-electron chi connectivity index (χ0n) is 13.4. The lowest BCUT2D eigenvalue weighted by atomic mass is 10.1. The van der Waals surface area contributed by atoms with Crippen LogP contribution in [-0.4, -0.2) is 33.7 Å². The van der Waals surface area contributed by atoms with Crippen LogP contribution in [0.15, 0.2) is 30.3 Å². The van der Waals surface area contributed by atoms with Gasteiger partial charge in [0.15, 0.2) is 0 Å². The van der Waals surface area contributed by atoms with E-state index in [1.54, 1.807) is 16.8 Å². The molecule has 1 fully saturated rings. The number of amides is 1. The summed E-state index contributed by atoms with van der Waals surface area (Å²) in [5.41, 5.74) is 4.01. The molecule has 0 bridgehead atoms. The predicted molar refractivity (Wildman–Crippen MR) is 92.5 cm³/mol. The monoisotopic (exact) mass is 329 g/mol. The maximum absolute atomic E-state index is 11.9. The van der Waals surface area contributed by atoms with Gasteiger partial charge in [-0.15, -0.1) is 0 Å². The Morgan fingerprint density at radius 2 is 1.96 bits per heavy atom. The predicted octanol–water partition coefficient (Wildman–Crippen LogP) is 3.45. The molecular weight excluding hydrogens is 310 g/mol. The third-order valence-corrected chi connectivity index (χ3v) is 4.52. The molecule has 1 amide bonds. The van der Waals surface area contributed by atoms with Gasteiger partial charge in [0.1, 0.15) is 5.15 Å². The molecule has 2 aromatic rings. The van der Waals surface area contributed by atoms with E-state index in [0.29, 0.717) is 11.7 Å². The molecule has 1 aromatic carbocycles. The first kappa shape index (κ1) is 15.8. The van der Waals surface area contributed by atoms with Crippen LogP contribution >= 0.6 is 11.6 Å². The lowest BCUT2D eigenvalue weighted by Gasteiger charge is -2.29. The molecule has 120 valence electrons. The zero-order chi connectivity index (χ0) is 16.4. The van der Waals surface area contributed by atoms with Crippen molar-refractivity contribution in [3.8, 4) is 0 Å². The fraction of sp³-hybridized carbons (Fsp3) is 0.333. The maximum atomic E-state index is 11.9. The summed E-state index contributed by atoms with van der Waals surface area (Å²) in [7, 11) is 0. The molecule has 0 saturated carbocycles. The summed E-state index contributed by atoms with van der Waals surface area (Å²) < 4.78 is 1.77. The Morgan fingerprint density at radius 1 is 1.26 bits per heavy atom. The molecule has 1 saturated heterocycles. The van der Waals surface area contributed by atoms with Crippen LogP contribution in [0.5, 0.6) is 0 Å². The molecule has 23 heavy (non-hydrogen) atoms. The Kier molecular flexibility index (Phi) is 4.53. The molecule has 1 aliphatic heterocycles. The molecular formula is C18H20ClN3O. The van der Waals surface area contributed by atoms with Crippen LogP contribution in [0.4, 0.5) is 0 Å². The van der Waals surface area contributed by atoms with Crippen LogP contribution in [0.1, 0.15) is 28.8 Å². The number of hydrogen-bond donors (Lipinski definition) is 0. The highest BCUT2D eigenvalue weighted by Gasteiger charge is 2.18. The summed E-state index contributed by atoms with van der Waals surface area (Å²) in [5, 5.41) is 5.06. The number of rotatable bonds is 4. The number of halogens is 1. The normalized spacial score (nSPS) is 14.3. The number of nitrogens with zero attached hydrogens (tertiary/aromatic N) is 3. The number of aromatic nitrogens is 2. The van der Waals surface area contributed by atoms with Crippen molar-refractivity contribution in [3.63, 3.8) is 0 Å². The summed E-state index contributed by atoms with van der Waals surface area (Å²) in [6.45, 7) is 6.29. The summed E-state index contributed by atoms with van der Waals surface area (Å²) in [6, 6.07) is 8.30. The van der Waals surface area contributed by atoms with Crippen molar-refractivity contribution in [3.05, 3.63) is 57.9 Å². The second-order valence-electron chi connectivity index (χ2n) is 5.95. The lowest BCUT2D eigenvalue weighted by Crippen LogP contribution is -2.40. The fourth-order valence-corrected chi connectivity index (χ4v) is 2.82. The van der Waals surface area contributed by atoms with Crippen LogP contribution in [0.3, 0.4) is 0 Å². The number of carbonyl (C=O) groups is 1. The Hall–Kier alpha value is -2.07. The van der Waals surface area contributed by atoms with Crippen LogP contribution in [0.25, 0.3) is 6.08 Å². The molecule has 4 nitrogen and oxygen atoms in total. The van der Waals surface area contributed by atoms with E-state index in [9.17, 15) is 4.79 Å². The van der Waals surface area contributed by atoms with Gasteiger partial charge >= 0.3 is 0 Å². The quantitative estimate of drug-likeness (QED) is 0.806. The molecule has 1 aromatic heterocycles. The van der Waals surface area contributed by atoms with Gasteiger partial charge in [-0.25, -0.2) is 4.68 Å². The van der Waals surface area contributed by atoms with Gasteiger partial charge in [0.2, 0.25) is 5.91 Å². The molecule has 0 N–H and O–H groups in total. The molecule has 0 atom stereocenters. The van der Waals surface area contributed by atoms with Gasteiger partial charge in [-0.2, -0.15) is 5.10 Å². The van der Waals surface area contributed by atoms with Crippen molar-refractivity contribution in [1.29, 1.82) is 0 Å². The van der Waals surface area contributed by atoms with E-state index in [1.807, 2.05) is 11.8 Å². The van der Waals surface area contributed by atoms with Gasteiger partial charge in [-0.05, 0) is 31.9 Å². The van der Waals surface area contributed by atoms with Crippen molar-refractivity contribution in [2.75, 3.05) is 13.1 Å². The highest BCUT2D eigenvalue weighted by molar-refractivity contribution is 6.31. The van der Waals surface area contributed by atoms with E-state index in [1.165, 1.54) is 5.56 Å². The summed E-state index contributed by atoms with van der Waals surface area (Å²) >= 11 is 6.45. The molecule has 0 unspecified atom stereocenters. The van der Waals surface area contributed by atoms with E-state index >= 15 is 0 Å². The minimum absolute atomic E-state index is 0.0398. The van der Waals surface area contributed by atoms with E-state index in [-0.39, 0.29) is 5.91 Å². The summed E-state index contributed by atoms with van der Waals surface area (Å²) in [4.78, 5) is 13.7. The van der Waals surface area contributed by atoms with Crippen molar-refractivity contribution in [2.45, 2.75) is 26.8 Å². The first-order valence-corrected chi connectivity index (χ1v) is 8.18. The van der Waals surface area contributed by atoms with Crippen LogP contribution in [0.2, 0.25) is 5.15 Å². The lowest BCUT2D eigenvalue weighted by molar-refractivity contribution is -0.129. The fourth-order valence-electron chi connectivity index (χ4n) is 2.52. The first-order valence-electron chi connectivity index (χ1n) is 7.80. The second kappa shape index (κ2) is 6.59. The highest BCUT2D eigenvalue weighted by Crippen LogP contribution is 2.22. The van der Waals surface area contributed by atoms with Crippen molar-refractivity contribution < 1.29 is 4.79 Å². The van der Waals surface area contributed by atoms with E-state index in [4.69, 9.17) is 11.6 Å². The van der Waals surface area contributed by atoms with Gasteiger partial charge in [0.05, 0.1) is 12.2 Å². The first-order chi connectivity index (χ1) is 11.0. The number of likely N-dealkylation sites (tertiary alicyclic amines) is 1. The standard InChI is InChI=1S/C18H20ClN3O/c1-13-4-6-15(7-5-13)12-22-18(19)16(14(2)20-22)8-9-17(23)21-10-3-11-21/h4-9H,3,10-12H2,1-2H3/b9-8+. The average Bonchev–Trinajstić information content (AvgIpc) is 2.72. The van der Waals surface area contributed by atoms with Crippen LogP contribution in [-0.2, 0) is 11.3 Å². The van der Waals surface area contributed by atoms with Crippen molar-refractivity contribution in [1.82, 2.24) is 14.7 Å². The smallest absolute Gasteiger partial charge is 0.246 e. The number of carbonyl (C=O) groups excluding carboxylic acids is 1. The molecule has 1 aliphatic rings. The largest absolute Gasteiger partial charge is 0.339 e. The van der Waals surface area contributed by atoms with Gasteiger partial charge in [0, 0.05) is 24.7 Å². The summed E-state index contributed by atoms with van der Waals surface area (Å²) in [5.74, 6) is 0.0398. The second-order valence-corrected chi connectivity index (χ2v) is 6.30. The molecule has 3 rings (SSSR count). The van der Waals surface area contributed by atoms with E-state index in [2.05, 4.69) is 36.3 Å². The third kappa shape index (κ3) is 3.48. The Balaban J connectivity index is 1.77. The number of hydrogen-bond acceptors (Lipinski definition) is 2. The SMILES string of the molecule is Cc1ccc(Cn2nc(C)c(/C=C/C(=O)N3CCC3)c2Cl)cc1. The molecule has 5 heteroatoms. The zero-order valence-corrected chi connectivity index (χ0v) is 14.2. The van der Waals surface area contributed by atoms with Gasteiger partial charge in [-0.3, -0.25) is 4.79 Å². The van der Waals surface area contributed by atoms with Crippen molar-refractivity contribution in [2.24, 2.45) is 0 Å². The molecule has 0 radical (unpaired) electrons. The molecule has 2 heterocycles. The van der Waals surface area contributed by atoms with Gasteiger partial charge in [-0.1, -0.05) is 41.4 Å². The molecule has 0 spiro atoms. The number of aryl methyl sites for hydroxylation is 2. The topological polar surface area (TPSA) is 38.1 Å². The Labute approximate surface area is 141 Å². The van der Waals surface area contributed by atoms with Gasteiger partial charge < -0.3 is 4.90 Å². The summed E-state index contributed by atoms with van der Waals surface area (Å²) in [6.07, 6.45) is 4.45. The van der Waals surface area contributed by atoms with E-state index < -0.39 is 0 Å². The Bertz CT molecular complexity index is 742. The van der Waals surface area contributed by atoms with Crippen LogP contribution in [0, 0.1) is 13.8 Å². The van der Waals surface area contributed by atoms with Gasteiger partial charge in [0.25, 0.3) is 0 Å². The van der Waals surface area contributed by atoms with Crippen molar-refractivity contribution >= 4 is 23.6 Å². The number of benzene rings is 1. The van der Waals surface area contributed by atoms with Crippen LogP contribution < -0.4 is 0 Å². The maximum Gasteiger partial charge on any atom is 0.246 e. The highest BCUT2D eigenvalue weighted by atomic mass is 35.5. The minimum atomic E-state index is 0.0398. The third-order valence-electron chi connectivity index (χ3n) is 4.12.